The maximum atomic E-state index is 12.1. The minimum atomic E-state index is -0.956. The van der Waals surface area contributed by atoms with E-state index in [-0.39, 0.29) is 36.8 Å². The summed E-state index contributed by atoms with van der Waals surface area (Å²) in [5, 5.41) is 8.96. The van der Waals surface area contributed by atoms with Crippen molar-refractivity contribution in [3.05, 3.63) is 35.6 Å². The minimum absolute atomic E-state index is 0.0196. The lowest BCUT2D eigenvalue weighted by Crippen LogP contribution is -2.58. The molecule has 8 nitrogen and oxygen atoms in total. The number of hydrogen-bond acceptors (Lipinski definition) is 8. The molecule has 0 unspecified atom stereocenters. The van der Waals surface area contributed by atoms with E-state index in [9.17, 15) is 19.5 Å². The van der Waals surface area contributed by atoms with Gasteiger partial charge in [0.15, 0.2) is 0 Å². The number of aliphatic hydroxyl groups excluding tert-OH is 1. The molecule has 0 radical (unpaired) electrons. The highest BCUT2D eigenvalue weighted by Crippen LogP contribution is 2.51. The van der Waals surface area contributed by atoms with E-state index in [1.54, 1.807) is 6.08 Å². The number of fused-ring (bicyclic) bond motifs is 1. The third-order valence-electron chi connectivity index (χ3n) is 3.67. The number of esters is 1. The van der Waals surface area contributed by atoms with Gasteiger partial charge in [-0.05, 0) is 6.08 Å². The third-order valence-corrected chi connectivity index (χ3v) is 5.08. The van der Waals surface area contributed by atoms with Crippen molar-refractivity contribution in [2.75, 3.05) is 13.2 Å². The average Bonchev–Trinajstić information content (AvgIpc) is 3.08. The maximum absolute atomic E-state index is 12.1. The van der Waals surface area contributed by atoms with Crippen LogP contribution in [0.3, 0.4) is 0 Å². The van der Waals surface area contributed by atoms with Crippen molar-refractivity contribution in [3.63, 3.8) is 0 Å². The van der Waals surface area contributed by atoms with Gasteiger partial charge in [-0.25, -0.2) is 9.59 Å². The molecule has 24 heavy (non-hydrogen) atoms. The second kappa shape index (κ2) is 6.70. The Balaban J connectivity index is 1.76. The SMILES string of the molecule is C=CCOC(=O)OC1=C(C[C@@H]2C=CC(=O)O2)S[C@@H]2[C@@H](CO)C(=O)N12. The smallest absolute Gasteiger partial charge is 0.455 e. The number of aliphatic hydroxyl groups is 1. The minimum Gasteiger partial charge on any atom is -0.455 e. The molecule has 0 aromatic carbocycles. The number of cyclic esters (lactones) is 1. The zero-order chi connectivity index (χ0) is 17.3. The van der Waals surface area contributed by atoms with Crippen LogP contribution in [0.1, 0.15) is 6.42 Å². The van der Waals surface area contributed by atoms with E-state index in [1.165, 1.54) is 28.8 Å². The van der Waals surface area contributed by atoms with Crippen molar-refractivity contribution >= 4 is 29.8 Å². The number of rotatable bonds is 6. The fourth-order valence-corrected chi connectivity index (χ4v) is 4.02. The standard InChI is InChI=1S/C15H15NO7S/c1-2-5-21-15(20)23-13-10(6-8-3-4-11(18)22-8)24-14-9(7-17)12(19)16(13)14/h2-4,8-9,14,17H,1,5-7H2/t8-,9-,14+/m0/s1. The summed E-state index contributed by atoms with van der Waals surface area (Å²) in [7, 11) is 0. The van der Waals surface area contributed by atoms with Crippen molar-refractivity contribution in [1.82, 2.24) is 4.90 Å². The summed E-state index contributed by atoms with van der Waals surface area (Å²) >= 11 is 1.31. The van der Waals surface area contributed by atoms with Crippen molar-refractivity contribution in [2.24, 2.45) is 5.92 Å². The second-order valence-corrected chi connectivity index (χ2v) is 6.44. The van der Waals surface area contributed by atoms with Gasteiger partial charge >= 0.3 is 12.1 Å². The fourth-order valence-electron chi connectivity index (χ4n) is 2.56. The Kier molecular flexibility index (Phi) is 4.63. The Morgan fingerprint density at radius 1 is 1.50 bits per heavy atom. The van der Waals surface area contributed by atoms with Gasteiger partial charge in [-0.3, -0.25) is 9.69 Å². The van der Waals surface area contributed by atoms with Crippen LogP contribution < -0.4 is 0 Å². The number of ether oxygens (including phenoxy) is 3. The summed E-state index contributed by atoms with van der Waals surface area (Å²) in [6, 6.07) is 0. The molecule has 0 aromatic heterocycles. The molecule has 3 atom stereocenters. The van der Waals surface area contributed by atoms with Gasteiger partial charge < -0.3 is 19.3 Å². The number of thioether (sulfide) groups is 1. The molecule has 3 heterocycles. The number of amides is 1. The van der Waals surface area contributed by atoms with Crippen LogP contribution in [0.4, 0.5) is 4.79 Å². The fraction of sp³-hybridized carbons (Fsp3) is 0.400. The molecular weight excluding hydrogens is 338 g/mol. The highest BCUT2D eigenvalue weighted by molar-refractivity contribution is 8.04. The maximum Gasteiger partial charge on any atom is 0.515 e. The molecule has 0 aliphatic carbocycles. The normalized spacial score (nSPS) is 27.7. The lowest BCUT2D eigenvalue weighted by molar-refractivity contribution is -0.152. The van der Waals surface area contributed by atoms with Crippen LogP contribution >= 0.6 is 11.8 Å². The summed E-state index contributed by atoms with van der Waals surface area (Å²) in [6.07, 6.45) is 3.15. The number of hydrogen-bond donors (Lipinski definition) is 1. The summed E-state index contributed by atoms with van der Waals surface area (Å²) < 4.78 is 15.0. The molecular formula is C15H15NO7S. The van der Waals surface area contributed by atoms with Crippen LogP contribution in [-0.2, 0) is 23.8 Å². The highest BCUT2D eigenvalue weighted by Gasteiger charge is 2.55. The van der Waals surface area contributed by atoms with Crippen LogP contribution in [0, 0.1) is 5.92 Å². The Morgan fingerprint density at radius 3 is 2.92 bits per heavy atom. The zero-order valence-electron chi connectivity index (χ0n) is 12.5. The van der Waals surface area contributed by atoms with Crippen molar-refractivity contribution in [3.8, 4) is 0 Å². The molecule has 1 saturated heterocycles. The van der Waals surface area contributed by atoms with Crippen LogP contribution in [0.25, 0.3) is 0 Å². The first-order valence-corrected chi connectivity index (χ1v) is 8.11. The number of β-lactam (4-membered cyclic amide) rings is 1. The van der Waals surface area contributed by atoms with E-state index < -0.39 is 24.1 Å². The first-order chi connectivity index (χ1) is 11.5. The third kappa shape index (κ3) is 2.92. The van der Waals surface area contributed by atoms with E-state index in [0.717, 1.165) is 0 Å². The van der Waals surface area contributed by atoms with Gasteiger partial charge in [-0.2, -0.15) is 0 Å². The quantitative estimate of drug-likeness (QED) is 0.427. The Morgan fingerprint density at radius 2 is 2.29 bits per heavy atom. The van der Waals surface area contributed by atoms with Gasteiger partial charge in [0.1, 0.15) is 18.1 Å². The molecule has 0 aromatic rings. The molecule has 1 fully saturated rings. The molecule has 0 spiro atoms. The van der Waals surface area contributed by atoms with Gasteiger partial charge in [0, 0.05) is 12.5 Å². The molecule has 9 heteroatoms. The Labute approximate surface area is 141 Å². The van der Waals surface area contributed by atoms with Gasteiger partial charge in [0.25, 0.3) is 0 Å². The van der Waals surface area contributed by atoms with Crippen molar-refractivity contribution in [1.29, 1.82) is 0 Å². The lowest BCUT2D eigenvalue weighted by Gasteiger charge is -2.40. The number of carbonyl (C=O) groups excluding carboxylic acids is 3. The molecule has 3 aliphatic rings. The summed E-state index contributed by atoms with van der Waals surface area (Å²) in [5.74, 6) is -1.23. The molecule has 0 bridgehead atoms. The summed E-state index contributed by atoms with van der Waals surface area (Å²) in [6.45, 7) is 3.12. The monoisotopic (exact) mass is 353 g/mol. The second-order valence-electron chi connectivity index (χ2n) is 5.22. The van der Waals surface area contributed by atoms with Crippen LogP contribution in [0.2, 0.25) is 0 Å². The van der Waals surface area contributed by atoms with E-state index in [1.807, 2.05) is 0 Å². The Hall–Kier alpha value is -2.26. The molecule has 1 amide bonds. The van der Waals surface area contributed by atoms with E-state index in [4.69, 9.17) is 14.2 Å². The highest BCUT2D eigenvalue weighted by atomic mass is 32.2. The van der Waals surface area contributed by atoms with E-state index in [0.29, 0.717) is 4.91 Å². The summed E-state index contributed by atoms with van der Waals surface area (Å²) in [4.78, 5) is 36.8. The first kappa shape index (κ1) is 16.6. The van der Waals surface area contributed by atoms with Gasteiger partial charge in [-0.1, -0.05) is 24.4 Å². The molecule has 3 rings (SSSR count). The van der Waals surface area contributed by atoms with Gasteiger partial charge in [-0.15, -0.1) is 0 Å². The van der Waals surface area contributed by atoms with Crippen LogP contribution in [-0.4, -0.2) is 52.7 Å². The average molecular weight is 353 g/mol. The van der Waals surface area contributed by atoms with Gasteiger partial charge in [0.2, 0.25) is 11.8 Å². The predicted molar refractivity (Wildman–Crippen MR) is 82.1 cm³/mol. The zero-order valence-corrected chi connectivity index (χ0v) is 13.4. The number of carbonyl (C=O) groups is 3. The van der Waals surface area contributed by atoms with E-state index in [2.05, 4.69) is 6.58 Å². The topological polar surface area (TPSA) is 102 Å². The molecule has 3 aliphatic heterocycles. The van der Waals surface area contributed by atoms with Gasteiger partial charge in [0.05, 0.1) is 17.4 Å². The molecule has 1 N–H and O–H groups in total. The Bertz CT molecular complexity index is 656. The number of nitrogens with zero attached hydrogens (tertiary/aromatic N) is 1. The largest absolute Gasteiger partial charge is 0.515 e. The first-order valence-electron chi connectivity index (χ1n) is 7.23. The van der Waals surface area contributed by atoms with Crippen LogP contribution in [0.5, 0.6) is 0 Å². The van der Waals surface area contributed by atoms with Crippen molar-refractivity contribution < 1.29 is 33.7 Å². The lowest BCUT2D eigenvalue weighted by atomic mass is 10.00. The van der Waals surface area contributed by atoms with Crippen molar-refractivity contribution in [2.45, 2.75) is 17.9 Å². The van der Waals surface area contributed by atoms with E-state index >= 15 is 0 Å². The molecule has 0 saturated carbocycles. The predicted octanol–water partition coefficient (Wildman–Crippen LogP) is 0.890. The van der Waals surface area contributed by atoms with Crippen LogP contribution in [0.15, 0.2) is 35.6 Å². The summed E-state index contributed by atoms with van der Waals surface area (Å²) in [5.41, 5.74) is 0. The molecule has 128 valence electrons.